The van der Waals surface area contributed by atoms with Crippen LogP contribution in [0.4, 0.5) is 4.79 Å². The molecule has 0 spiro atoms. The normalized spacial score (nSPS) is 15.3. The van der Waals surface area contributed by atoms with E-state index in [0.717, 1.165) is 0 Å². The number of hydrogen-bond donors (Lipinski definition) is 2. The topological polar surface area (TPSA) is 112 Å². The summed E-state index contributed by atoms with van der Waals surface area (Å²) < 4.78 is 21.0. The molecule has 2 amide bonds. The van der Waals surface area contributed by atoms with Crippen molar-refractivity contribution in [1.29, 1.82) is 0 Å². The lowest BCUT2D eigenvalue weighted by Gasteiger charge is -2.29. The highest BCUT2D eigenvalue weighted by molar-refractivity contribution is 5.96. The van der Waals surface area contributed by atoms with Crippen LogP contribution in [0.3, 0.4) is 0 Å². The minimum atomic E-state index is -0.760. The standard InChI is InChI=1S/C23H24N2O7/c1-4-31-22(27)19-17(24-23(28)25-20(19)14-8-6-5-7-9-14)13-32-21(26)16-12-15(29-2)10-11-18(16)30-3/h5-12,20H,4,13H2,1-3H3,(H2,24,25,28)/t20-/m0/s1. The summed E-state index contributed by atoms with van der Waals surface area (Å²) >= 11 is 0. The van der Waals surface area contributed by atoms with Gasteiger partial charge in [0.25, 0.3) is 0 Å². The van der Waals surface area contributed by atoms with Gasteiger partial charge in [-0.3, -0.25) is 0 Å². The van der Waals surface area contributed by atoms with Gasteiger partial charge in [-0.15, -0.1) is 0 Å². The maximum atomic E-state index is 12.7. The zero-order valence-electron chi connectivity index (χ0n) is 18.0. The Hall–Kier alpha value is -4.01. The molecule has 2 aromatic rings. The van der Waals surface area contributed by atoms with Crippen molar-refractivity contribution >= 4 is 18.0 Å². The van der Waals surface area contributed by atoms with Crippen molar-refractivity contribution in [3.05, 3.63) is 70.9 Å². The van der Waals surface area contributed by atoms with Crippen LogP contribution >= 0.6 is 0 Å². The molecule has 0 fully saturated rings. The van der Waals surface area contributed by atoms with E-state index in [9.17, 15) is 14.4 Å². The van der Waals surface area contributed by atoms with Gasteiger partial charge in [0.1, 0.15) is 23.7 Å². The fourth-order valence-electron chi connectivity index (χ4n) is 3.27. The quantitative estimate of drug-likeness (QED) is 0.607. The number of carbonyl (C=O) groups excluding carboxylic acids is 3. The van der Waals surface area contributed by atoms with Crippen molar-refractivity contribution in [2.45, 2.75) is 13.0 Å². The summed E-state index contributed by atoms with van der Waals surface area (Å²) in [7, 11) is 2.90. The summed E-state index contributed by atoms with van der Waals surface area (Å²) in [4.78, 5) is 37.8. The summed E-state index contributed by atoms with van der Waals surface area (Å²) in [6.45, 7) is 1.47. The van der Waals surface area contributed by atoms with Gasteiger partial charge in [0.2, 0.25) is 0 Å². The first-order valence-electron chi connectivity index (χ1n) is 9.90. The number of nitrogens with one attached hydrogen (secondary N) is 2. The Balaban J connectivity index is 1.93. The first-order valence-corrected chi connectivity index (χ1v) is 9.90. The van der Waals surface area contributed by atoms with E-state index < -0.39 is 24.0 Å². The van der Waals surface area contributed by atoms with Gasteiger partial charge in [0.05, 0.1) is 38.1 Å². The molecular weight excluding hydrogens is 416 g/mol. The van der Waals surface area contributed by atoms with Crippen molar-refractivity contribution in [1.82, 2.24) is 10.6 Å². The summed E-state index contributed by atoms with van der Waals surface area (Å²) in [6.07, 6.45) is 0. The molecule has 0 saturated carbocycles. The van der Waals surface area contributed by atoms with Crippen molar-refractivity contribution in [2.75, 3.05) is 27.4 Å². The Labute approximate surface area is 185 Å². The van der Waals surface area contributed by atoms with Crippen LogP contribution in [0.5, 0.6) is 11.5 Å². The fourth-order valence-corrected chi connectivity index (χ4v) is 3.27. The van der Waals surface area contributed by atoms with Crippen LogP contribution < -0.4 is 20.1 Å². The van der Waals surface area contributed by atoms with Gasteiger partial charge < -0.3 is 29.6 Å². The predicted molar refractivity (Wildman–Crippen MR) is 114 cm³/mol. The lowest BCUT2D eigenvalue weighted by molar-refractivity contribution is -0.139. The van der Waals surface area contributed by atoms with Gasteiger partial charge in [-0.2, -0.15) is 0 Å². The lowest BCUT2D eigenvalue weighted by atomic mass is 9.95. The number of urea groups is 1. The van der Waals surface area contributed by atoms with Crippen LogP contribution in [0.25, 0.3) is 0 Å². The fraction of sp³-hybridized carbons (Fsp3) is 0.261. The number of carbonyl (C=O) groups is 3. The number of rotatable bonds is 8. The van der Waals surface area contributed by atoms with Gasteiger partial charge in [-0.25, -0.2) is 14.4 Å². The molecule has 0 unspecified atom stereocenters. The highest BCUT2D eigenvalue weighted by Gasteiger charge is 2.34. The molecule has 0 aliphatic carbocycles. The molecule has 1 aliphatic heterocycles. The number of esters is 2. The Morgan fingerprint density at radius 2 is 1.72 bits per heavy atom. The molecule has 2 aromatic carbocycles. The third-order valence-electron chi connectivity index (χ3n) is 4.76. The molecule has 1 aliphatic rings. The van der Waals surface area contributed by atoms with Crippen LogP contribution in [0.15, 0.2) is 59.8 Å². The number of ether oxygens (including phenoxy) is 4. The van der Waals surface area contributed by atoms with Crippen molar-refractivity contribution in [3.63, 3.8) is 0 Å². The van der Waals surface area contributed by atoms with E-state index in [-0.39, 0.29) is 30.0 Å². The predicted octanol–water partition coefficient (Wildman–Crippen LogP) is 2.73. The average Bonchev–Trinajstić information content (AvgIpc) is 2.82. The Morgan fingerprint density at radius 3 is 2.38 bits per heavy atom. The van der Waals surface area contributed by atoms with E-state index in [1.165, 1.54) is 20.3 Å². The molecule has 1 heterocycles. The summed E-state index contributed by atoms with van der Waals surface area (Å²) in [5.41, 5.74) is 1.12. The molecule has 0 bridgehead atoms. The molecule has 2 N–H and O–H groups in total. The SMILES string of the molecule is CCOC(=O)C1=C(COC(=O)c2cc(OC)ccc2OC)NC(=O)N[C@H]1c1ccccc1. The zero-order valence-corrected chi connectivity index (χ0v) is 18.0. The first kappa shape index (κ1) is 22.7. The van der Waals surface area contributed by atoms with Crippen LogP contribution in [-0.4, -0.2) is 45.4 Å². The largest absolute Gasteiger partial charge is 0.497 e. The molecule has 9 heteroatoms. The molecule has 0 aromatic heterocycles. The van der Waals surface area contributed by atoms with Crippen molar-refractivity contribution in [2.24, 2.45) is 0 Å². The number of hydrogen-bond acceptors (Lipinski definition) is 7. The molecule has 3 rings (SSSR count). The molecule has 0 radical (unpaired) electrons. The van der Waals surface area contributed by atoms with Gasteiger partial charge in [-0.05, 0) is 30.7 Å². The molecule has 9 nitrogen and oxygen atoms in total. The summed E-state index contributed by atoms with van der Waals surface area (Å²) in [6, 6.07) is 12.4. The molecule has 0 saturated heterocycles. The second-order valence-corrected chi connectivity index (χ2v) is 6.70. The second-order valence-electron chi connectivity index (χ2n) is 6.70. The van der Waals surface area contributed by atoms with Gasteiger partial charge in [0.15, 0.2) is 0 Å². The smallest absolute Gasteiger partial charge is 0.342 e. The maximum absolute atomic E-state index is 12.7. The zero-order chi connectivity index (χ0) is 23.1. The second kappa shape index (κ2) is 10.3. The van der Waals surface area contributed by atoms with E-state index >= 15 is 0 Å². The van der Waals surface area contributed by atoms with E-state index in [4.69, 9.17) is 18.9 Å². The van der Waals surface area contributed by atoms with Crippen molar-refractivity contribution < 1.29 is 33.3 Å². The highest BCUT2D eigenvalue weighted by atomic mass is 16.5. The average molecular weight is 440 g/mol. The third-order valence-corrected chi connectivity index (χ3v) is 4.76. The van der Waals surface area contributed by atoms with E-state index in [0.29, 0.717) is 17.1 Å². The Bertz CT molecular complexity index is 1030. The van der Waals surface area contributed by atoms with E-state index in [1.807, 2.05) is 6.07 Å². The minimum absolute atomic E-state index is 0.135. The molecule has 168 valence electrons. The number of benzene rings is 2. The van der Waals surface area contributed by atoms with Gasteiger partial charge in [-0.1, -0.05) is 30.3 Å². The van der Waals surface area contributed by atoms with E-state index in [2.05, 4.69) is 10.6 Å². The number of methoxy groups -OCH3 is 2. The van der Waals surface area contributed by atoms with Gasteiger partial charge >= 0.3 is 18.0 Å². The molecule has 1 atom stereocenters. The van der Waals surface area contributed by atoms with Crippen LogP contribution in [0.1, 0.15) is 28.9 Å². The monoisotopic (exact) mass is 440 g/mol. The van der Waals surface area contributed by atoms with Gasteiger partial charge in [0, 0.05) is 0 Å². The first-order chi connectivity index (χ1) is 15.5. The molecule has 32 heavy (non-hydrogen) atoms. The molecular formula is C23H24N2O7. The Kier molecular flexibility index (Phi) is 7.33. The summed E-state index contributed by atoms with van der Waals surface area (Å²) in [5, 5.41) is 5.28. The van der Waals surface area contributed by atoms with Crippen molar-refractivity contribution in [3.8, 4) is 11.5 Å². The van der Waals surface area contributed by atoms with Crippen LogP contribution in [0, 0.1) is 0 Å². The third kappa shape index (κ3) is 5.00. The minimum Gasteiger partial charge on any atom is -0.497 e. The maximum Gasteiger partial charge on any atom is 0.342 e. The van der Waals surface area contributed by atoms with E-state index in [1.54, 1.807) is 43.3 Å². The van der Waals surface area contributed by atoms with Crippen LogP contribution in [0.2, 0.25) is 0 Å². The lowest BCUT2D eigenvalue weighted by Crippen LogP contribution is -2.47. The highest BCUT2D eigenvalue weighted by Crippen LogP contribution is 2.29. The number of amides is 2. The Morgan fingerprint density at radius 1 is 0.969 bits per heavy atom. The van der Waals surface area contributed by atoms with Crippen LogP contribution in [-0.2, 0) is 14.3 Å². The summed E-state index contributed by atoms with van der Waals surface area (Å²) in [5.74, 6) is -0.588.